The first kappa shape index (κ1) is 17.7. The van der Waals surface area contributed by atoms with Gasteiger partial charge in [-0.05, 0) is 28.1 Å². The number of non-ortho nitro benzene ring substituents is 1. The number of hydrogen-bond acceptors (Lipinski definition) is 5. The van der Waals surface area contributed by atoms with E-state index in [1.54, 1.807) is 25.3 Å². The summed E-state index contributed by atoms with van der Waals surface area (Å²) in [5, 5.41) is 13.5. The van der Waals surface area contributed by atoms with Crippen LogP contribution in [0.3, 0.4) is 0 Å². The van der Waals surface area contributed by atoms with Gasteiger partial charge in [-0.2, -0.15) is 0 Å². The van der Waals surface area contributed by atoms with Crippen molar-refractivity contribution in [2.24, 2.45) is 0 Å². The molecular formula is C16H15BrN2O5. The number of halogens is 1. The van der Waals surface area contributed by atoms with E-state index in [0.29, 0.717) is 27.2 Å². The molecule has 0 aromatic heterocycles. The van der Waals surface area contributed by atoms with Crippen LogP contribution in [0.4, 0.5) is 11.4 Å². The van der Waals surface area contributed by atoms with E-state index < -0.39 is 4.92 Å². The second-order valence-corrected chi connectivity index (χ2v) is 5.68. The number of nitro groups is 1. The Balaban J connectivity index is 2.17. The highest BCUT2D eigenvalue weighted by Crippen LogP contribution is 2.28. The Morgan fingerprint density at radius 1 is 1.21 bits per heavy atom. The molecule has 0 bridgehead atoms. The number of anilines is 1. The fraction of sp³-hybridized carbons (Fsp3) is 0.188. The maximum absolute atomic E-state index is 12.2. The molecule has 0 aliphatic rings. The monoisotopic (exact) mass is 394 g/mol. The normalized spacial score (nSPS) is 10.1. The molecule has 0 atom stereocenters. The molecule has 7 nitrogen and oxygen atoms in total. The largest absolute Gasteiger partial charge is 0.497 e. The lowest BCUT2D eigenvalue weighted by atomic mass is 10.1. The molecule has 0 heterocycles. The lowest BCUT2D eigenvalue weighted by Crippen LogP contribution is -2.15. The molecule has 2 aromatic rings. The van der Waals surface area contributed by atoms with Gasteiger partial charge in [0, 0.05) is 28.2 Å². The van der Waals surface area contributed by atoms with Crippen LogP contribution in [-0.4, -0.2) is 25.1 Å². The van der Waals surface area contributed by atoms with Gasteiger partial charge in [0.25, 0.3) is 5.69 Å². The average molecular weight is 395 g/mol. The number of amides is 1. The predicted molar refractivity (Wildman–Crippen MR) is 92.7 cm³/mol. The summed E-state index contributed by atoms with van der Waals surface area (Å²) < 4.78 is 10.9. The van der Waals surface area contributed by atoms with Crippen LogP contribution in [0.15, 0.2) is 40.9 Å². The number of rotatable bonds is 6. The Morgan fingerprint density at radius 2 is 1.96 bits per heavy atom. The highest BCUT2D eigenvalue weighted by atomic mass is 79.9. The van der Waals surface area contributed by atoms with Gasteiger partial charge in [0.15, 0.2) is 0 Å². The number of carbonyl (C=O) groups excluding carboxylic acids is 1. The van der Waals surface area contributed by atoms with E-state index in [0.717, 1.165) is 0 Å². The summed E-state index contributed by atoms with van der Waals surface area (Å²) in [5.74, 6) is 0.833. The SMILES string of the molecule is COc1ccc(CC(=O)Nc2cc([N+](=O)[O-])ccc2Br)c(OC)c1. The average Bonchev–Trinajstić information content (AvgIpc) is 2.56. The number of nitrogens with zero attached hydrogens (tertiary/aromatic N) is 1. The Hall–Kier alpha value is -2.61. The minimum Gasteiger partial charge on any atom is -0.497 e. The molecule has 0 unspecified atom stereocenters. The first-order chi connectivity index (χ1) is 11.4. The van der Waals surface area contributed by atoms with Gasteiger partial charge in [0.2, 0.25) is 5.91 Å². The zero-order valence-corrected chi connectivity index (χ0v) is 14.6. The topological polar surface area (TPSA) is 90.7 Å². The summed E-state index contributed by atoms with van der Waals surface area (Å²) in [6.07, 6.45) is 0.0578. The lowest BCUT2D eigenvalue weighted by molar-refractivity contribution is -0.384. The summed E-state index contributed by atoms with van der Waals surface area (Å²) >= 11 is 3.26. The van der Waals surface area contributed by atoms with E-state index in [4.69, 9.17) is 9.47 Å². The van der Waals surface area contributed by atoms with Crippen molar-refractivity contribution < 1.29 is 19.2 Å². The van der Waals surface area contributed by atoms with Crippen molar-refractivity contribution in [3.8, 4) is 11.5 Å². The van der Waals surface area contributed by atoms with Crippen molar-refractivity contribution in [3.05, 3.63) is 56.5 Å². The standard InChI is InChI=1S/C16H15BrN2O5/c1-23-12-5-3-10(15(9-12)24-2)7-16(20)18-14-8-11(19(21)22)4-6-13(14)17/h3-6,8-9H,7H2,1-2H3,(H,18,20). The Morgan fingerprint density at radius 3 is 2.58 bits per heavy atom. The maximum atomic E-state index is 12.2. The minimum atomic E-state index is -0.519. The van der Waals surface area contributed by atoms with E-state index in [9.17, 15) is 14.9 Å². The Labute approximate surface area is 146 Å². The van der Waals surface area contributed by atoms with Crippen molar-refractivity contribution in [1.82, 2.24) is 0 Å². The minimum absolute atomic E-state index is 0.0578. The molecule has 0 spiro atoms. The molecule has 0 saturated heterocycles. The molecule has 0 aliphatic heterocycles. The molecule has 24 heavy (non-hydrogen) atoms. The summed E-state index contributed by atoms with van der Waals surface area (Å²) in [5.41, 5.74) is 0.912. The first-order valence-corrected chi connectivity index (χ1v) is 7.68. The van der Waals surface area contributed by atoms with Crippen molar-refractivity contribution in [1.29, 1.82) is 0 Å². The number of hydrogen-bond donors (Lipinski definition) is 1. The van der Waals surface area contributed by atoms with Gasteiger partial charge in [-0.25, -0.2) is 0 Å². The fourth-order valence-corrected chi connectivity index (χ4v) is 2.43. The summed E-state index contributed by atoms with van der Waals surface area (Å²) in [4.78, 5) is 22.6. The Kier molecular flexibility index (Phi) is 5.75. The third-order valence-electron chi connectivity index (χ3n) is 3.28. The first-order valence-electron chi connectivity index (χ1n) is 6.89. The van der Waals surface area contributed by atoms with Gasteiger partial charge in [0.1, 0.15) is 11.5 Å². The van der Waals surface area contributed by atoms with E-state index >= 15 is 0 Å². The molecule has 2 rings (SSSR count). The van der Waals surface area contributed by atoms with Crippen molar-refractivity contribution in [3.63, 3.8) is 0 Å². The predicted octanol–water partition coefficient (Wildman–Crippen LogP) is 3.56. The zero-order valence-electron chi connectivity index (χ0n) is 13.0. The molecule has 0 fully saturated rings. The summed E-state index contributed by atoms with van der Waals surface area (Å²) in [6.45, 7) is 0. The molecule has 126 valence electrons. The van der Waals surface area contributed by atoms with E-state index in [1.807, 2.05) is 0 Å². The quantitative estimate of drug-likeness (QED) is 0.597. The molecule has 0 saturated carbocycles. The van der Waals surface area contributed by atoms with Crippen molar-refractivity contribution in [2.75, 3.05) is 19.5 Å². The number of nitro benzene ring substituents is 1. The van der Waals surface area contributed by atoms with Crippen LogP contribution in [0.2, 0.25) is 0 Å². The lowest BCUT2D eigenvalue weighted by Gasteiger charge is -2.11. The van der Waals surface area contributed by atoms with Gasteiger partial charge in [-0.1, -0.05) is 6.07 Å². The number of methoxy groups -OCH3 is 2. The third-order valence-corrected chi connectivity index (χ3v) is 3.97. The zero-order chi connectivity index (χ0) is 17.7. The molecular weight excluding hydrogens is 380 g/mol. The Bertz CT molecular complexity index is 779. The number of benzene rings is 2. The highest BCUT2D eigenvalue weighted by molar-refractivity contribution is 9.10. The number of carbonyl (C=O) groups is 1. The van der Waals surface area contributed by atoms with Gasteiger partial charge in [-0.3, -0.25) is 14.9 Å². The molecule has 0 aliphatic carbocycles. The molecule has 0 radical (unpaired) electrons. The van der Waals surface area contributed by atoms with Crippen LogP contribution < -0.4 is 14.8 Å². The van der Waals surface area contributed by atoms with Gasteiger partial charge >= 0.3 is 0 Å². The number of ether oxygens (including phenoxy) is 2. The molecule has 8 heteroatoms. The van der Waals surface area contributed by atoms with E-state index in [-0.39, 0.29) is 18.0 Å². The highest BCUT2D eigenvalue weighted by Gasteiger charge is 2.14. The molecule has 2 aromatic carbocycles. The van der Waals surface area contributed by atoms with Gasteiger partial charge < -0.3 is 14.8 Å². The van der Waals surface area contributed by atoms with Crippen molar-refractivity contribution in [2.45, 2.75) is 6.42 Å². The van der Waals surface area contributed by atoms with Crippen LogP contribution in [0.5, 0.6) is 11.5 Å². The van der Waals surface area contributed by atoms with Crippen LogP contribution in [-0.2, 0) is 11.2 Å². The van der Waals surface area contributed by atoms with Crippen LogP contribution >= 0.6 is 15.9 Å². The third kappa shape index (κ3) is 4.23. The van der Waals surface area contributed by atoms with E-state index in [2.05, 4.69) is 21.2 Å². The van der Waals surface area contributed by atoms with E-state index in [1.165, 1.54) is 25.3 Å². The van der Waals surface area contributed by atoms with Crippen LogP contribution in [0.25, 0.3) is 0 Å². The second-order valence-electron chi connectivity index (χ2n) is 4.82. The summed E-state index contributed by atoms with van der Waals surface area (Å²) in [6, 6.07) is 9.32. The van der Waals surface area contributed by atoms with Crippen LogP contribution in [0, 0.1) is 10.1 Å². The van der Waals surface area contributed by atoms with Crippen LogP contribution in [0.1, 0.15) is 5.56 Å². The summed E-state index contributed by atoms with van der Waals surface area (Å²) in [7, 11) is 3.05. The molecule has 1 amide bonds. The van der Waals surface area contributed by atoms with Crippen molar-refractivity contribution >= 4 is 33.2 Å². The maximum Gasteiger partial charge on any atom is 0.271 e. The van der Waals surface area contributed by atoms with Gasteiger partial charge in [0.05, 0.1) is 31.3 Å². The fourth-order valence-electron chi connectivity index (χ4n) is 2.09. The van der Waals surface area contributed by atoms with Gasteiger partial charge in [-0.15, -0.1) is 0 Å². The number of nitrogens with one attached hydrogen (secondary N) is 1. The second kappa shape index (κ2) is 7.78. The smallest absolute Gasteiger partial charge is 0.271 e. The molecule has 1 N–H and O–H groups in total.